The number of H-pyrrole nitrogens is 1. The van der Waals surface area contributed by atoms with Crippen LogP contribution in [0, 0.1) is 5.41 Å². The molecule has 0 bridgehead atoms. The van der Waals surface area contributed by atoms with Gasteiger partial charge in [0.25, 0.3) is 0 Å². The van der Waals surface area contributed by atoms with Crippen LogP contribution in [0.1, 0.15) is 25.0 Å². The van der Waals surface area contributed by atoms with Crippen molar-refractivity contribution >= 4 is 17.5 Å². The molecule has 11 heteroatoms. The fourth-order valence-corrected chi connectivity index (χ4v) is 2.97. The van der Waals surface area contributed by atoms with E-state index in [-0.39, 0.29) is 23.1 Å². The van der Waals surface area contributed by atoms with Crippen LogP contribution < -0.4 is 11.0 Å². The Kier molecular flexibility index (Phi) is 6.45. The Morgan fingerprint density at radius 3 is 2.41 bits per heavy atom. The number of alkyl halides is 4. The predicted octanol–water partition coefficient (Wildman–Crippen LogP) is 4.51. The molecule has 0 unspecified atom stereocenters. The van der Waals surface area contributed by atoms with Gasteiger partial charge < -0.3 is 5.32 Å². The molecule has 2 aromatic carbocycles. The summed E-state index contributed by atoms with van der Waals surface area (Å²) in [5.41, 5.74) is -1.57. The number of hydrogen-bond donors (Lipinski definition) is 2. The van der Waals surface area contributed by atoms with Crippen LogP contribution in [-0.2, 0) is 17.5 Å². The number of hydrogen-bond acceptors (Lipinski definition) is 3. The van der Waals surface area contributed by atoms with Crippen molar-refractivity contribution in [1.29, 1.82) is 0 Å². The molecule has 32 heavy (non-hydrogen) atoms. The standard InChI is InChI=1S/C21H19ClF4N4O2/c1-20(2,11-23)18(31)27-10-12-3-8-16(22)15(9-12)17-28-19(32)30(29-17)14-6-4-13(5-7-14)21(24,25)26/h3-9H,10-11H2,1-2H3,(H,27,31)(H,28,29,32). The van der Waals surface area contributed by atoms with Gasteiger partial charge in [-0.25, -0.2) is 9.18 Å². The van der Waals surface area contributed by atoms with E-state index in [9.17, 15) is 27.2 Å². The van der Waals surface area contributed by atoms with Gasteiger partial charge in [0.2, 0.25) is 5.91 Å². The summed E-state index contributed by atoms with van der Waals surface area (Å²) in [6, 6.07) is 8.77. The molecular formula is C21H19ClF4N4O2. The third-order valence-corrected chi connectivity index (χ3v) is 5.07. The molecule has 0 saturated carbocycles. The monoisotopic (exact) mass is 470 g/mol. The van der Waals surface area contributed by atoms with E-state index in [1.807, 2.05) is 0 Å². The fraction of sp³-hybridized carbons (Fsp3) is 0.286. The first kappa shape index (κ1) is 23.5. The molecule has 2 N–H and O–H groups in total. The van der Waals surface area contributed by atoms with Crippen molar-refractivity contribution in [2.24, 2.45) is 5.41 Å². The minimum absolute atomic E-state index is 0.0935. The highest BCUT2D eigenvalue weighted by molar-refractivity contribution is 6.33. The van der Waals surface area contributed by atoms with Gasteiger partial charge in [0.1, 0.15) is 6.67 Å². The van der Waals surface area contributed by atoms with Crippen LogP contribution in [0.25, 0.3) is 17.1 Å². The van der Waals surface area contributed by atoms with Crippen LogP contribution in [-0.4, -0.2) is 27.3 Å². The van der Waals surface area contributed by atoms with Crippen molar-refractivity contribution in [3.63, 3.8) is 0 Å². The molecule has 0 fully saturated rings. The Morgan fingerprint density at radius 1 is 1.16 bits per heavy atom. The minimum atomic E-state index is -4.50. The molecule has 1 aromatic heterocycles. The number of amides is 1. The highest BCUT2D eigenvalue weighted by atomic mass is 35.5. The highest BCUT2D eigenvalue weighted by Crippen LogP contribution is 2.30. The summed E-state index contributed by atoms with van der Waals surface area (Å²) in [7, 11) is 0. The Morgan fingerprint density at radius 2 is 1.81 bits per heavy atom. The summed E-state index contributed by atoms with van der Waals surface area (Å²) in [4.78, 5) is 26.9. The number of carbonyl (C=O) groups excluding carboxylic acids is 1. The molecule has 0 spiro atoms. The van der Waals surface area contributed by atoms with E-state index in [4.69, 9.17) is 11.6 Å². The topological polar surface area (TPSA) is 79.8 Å². The van der Waals surface area contributed by atoms with Crippen molar-refractivity contribution in [2.75, 3.05) is 6.67 Å². The molecule has 3 aromatic rings. The molecule has 1 amide bonds. The number of aromatic amines is 1. The maximum Gasteiger partial charge on any atom is 0.416 e. The normalized spacial score (nSPS) is 12.1. The van der Waals surface area contributed by atoms with Gasteiger partial charge in [-0.2, -0.15) is 17.9 Å². The molecule has 0 aliphatic heterocycles. The predicted molar refractivity (Wildman–Crippen MR) is 111 cm³/mol. The van der Waals surface area contributed by atoms with Crippen molar-refractivity contribution in [3.05, 3.63) is 69.1 Å². The van der Waals surface area contributed by atoms with Crippen LogP contribution in [0.2, 0.25) is 5.02 Å². The number of aromatic nitrogens is 3. The van der Waals surface area contributed by atoms with E-state index in [0.717, 1.165) is 28.9 Å². The first-order chi connectivity index (χ1) is 14.9. The average Bonchev–Trinajstić information content (AvgIpc) is 3.13. The lowest BCUT2D eigenvalue weighted by Crippen LogP contribution is -2.37. The summed E-state index contributed by atoms with van der Waals surface area (Å²) in [6.07, 6.45) is -4.50. The maximum absolute atomic E-state index is 13.0. The zero-order valence-corrected chi connectivity index (χ0v) is 17.8. The molecule has 0 radical (unpaired) electrons. The number of halogens is 5. The maximum atomic E-state index is 13.0. The Balaban J connectivity index is 1.87. The summed E-state index contributed by atoms with van der Waals surface area (Å²) in [6.45, 7) is 2.24. The lowest BCUT2D eigenvalue weighted by molar-refractivity contribution is -0.137. The number of rotatable bonds is 6. The molecule has 0 saturated heterocycles. The molecule has 0 aliphatic carbocycles. The van der Waals surface area contributed by atoms with Crippen molar-refractivity contribution in [2.45, 2.75) is 26.6 Å². The SMILES string of the molecule is CC(C)(CF)C(=O)NCc1ccc(Cl)c(-c2nn(-c3ccc(C(F)(F)F)cc3)c(=O)[nH]2)c1. The molecule has 0 atom stereocenters. The van der Waals surface area contributed by atoms with Crippen LogP contribution in [0.15, 0.2) is 47.3 Å². The summed E-state index contributed by atoms with van der Waals surface area (Å²) in [5.74, 6) is -0.367. The molecule has 1 heterocycles. The van der Waals surface area contributed by atoms with Crippen molar-refractivity contribution in [3.8, 4) is 17.1 Å². The van der Waals surface area contributed by atoms with Gasteiger partial charge in [-0.15, -0.1) is 5.10 Å². The third-order valence-electron chi connectivity index (χ3n) is 4.74. The van der Waals surface area contributed by atoms with Crippen molar-refractivity contribution in [1.82, 2.24) is 20.1 Å². The smallest absolute Gasteiger partial charge is 0.351 e. The molecule has 0 aliphatic rings. The van der Waals surface area contributed by atoms with Gasteiger partial charge in [0, 0.05) is 12.1 Å². The molecular weight excluding hydrogens is 452 g/mol. The van der Waals surface area contributed by atoms with Crippen LogP contribution in [0.4, 0.5) is 17.6 Å². The number of nitrogens with zero attached hydrogens (tertiary/aromatic N) is 2. The van der Waals surface area contributed by atoms with Crippen molar-refractivity contribution < 1.29 is 22.4 Å². The van der Waals surface area contributed by atoms with Gasteiger partial charge in [0.15, 0.2) is 5.82 Å². The Bertz CT molecular complexity index is 1180. The van der Waals surface area contributed by atoms with Crippen LogP contribution in [0.3, 0.4) is 0 Å². The zero-order chi connectivity index (χ0) is 23.7. The lowest BCUT2D eigenvalue weighted by atomic mass is 9.94. The number of carbonyl (C=O) groups is 1. The first-order valence-electron chi connectivity index (χ1n) is 9.42. The Labute approximate surface area is 185 Å². The van der Waals surface area contributed by atoms with E-state index >= 15 is 0 Å². The fourth-order valence-electron chi connectivity index (χ4n) is 2.76. The largest absolute Gasteiger partial charge is 0.416 e. The van der Waals surface area contributed by atoms with E-state index in [2.05, 4.69) is 15.4 Å². The van der Waals surface area contributed by atoms with Gasteiger partial charge >= 0.3 is 11.9 Å². The summed E-state index contributed by atoms with van der Waals surface area (Å²) >= 11 is 6.23. The van der Waals surface area contributed by atoms with Gasteiger partial charge in [-0.05, 0) is 55.8 Å². The van der Waals surface area contributed by atoms with E-state index in [1.54, 1.807) is 18.2 Å². The Hall–Kier alpha value is -3.14. The summed E-state index contributed by atoms with van der Waals surface area (Å²) < 4.78 is 52.2. The minimum Gasteiger partial charge on any atom is -0.351 e. The summed E-state index contributed by atoms with van der Waals surface area (Å²) in [5, 5.41) is 7.04. The second-order valence-electron chi connectivity index (χ2n) is 7.75. The van der Waals surface area contributed by atoms with Gasteiger partial charge in [0.05, 0.1) is 21.7 Å². The molecule has 6 nitrogen and oxygen atoms in total. The molecule has 170 valence electrons. The number of benzene rings is 2. The second-order valence-corrected chi connectivity index (χ2v) is 8.16. The van der Waals surface area contributed by atoms with Gasteiger partial charge in [-0.3, -0.25) is 9.78 Å². The quantitative estimate of drug-likeness (QED) is 0.520. The molecule has 3 rings (SSSR count). The average molecular weight is 471 g/mol. The second kappa shape index (κ2) is 8.78. The number of nitrogens with one attached hydrogen (secondary N) is 2. The van der Waals surface area contributed by atoms with Crippen LogP contribution in [0.5, 0.6) is 0 Å². The van der Waals surface area contributed by atoms with E-state index < -0.39 is 35.4 Å². The highest BCUT2D eigenvalue weighted by Gasteiger charge is 2.30. The zero-order valence-electron chi connectivity index (χ0n) is 17.1. The van der Waals surface area contributed by atoms with E-state index in [1.165, 1.54) is 13.8 Å². The van der Waals surface area contributed by atoms with Gasteiger partial charge in [-0.1, -0.05) is 17.7 Å². The third kappa shape index (κ3) is 5.01. The van der Waals surface area contributed by atoms with Crippen LogP contribution >= 0.6 is 11.6 Å². The van der Waals surface area contributed by atoms with E-state index in [0.29, 0.717) is 11.1 Å². The first-order valence-corrected chi connectivity index (χ1v) is 9.80. The lowest BCUT2D eigenvalue weighted by Gasteiger charge is -2.19.